The van der Waals surface area contributed by atoms with Gasteiger partial charge in [0.1, 0.15) is 10.8 Å². The van der Waals surface area contributed by atoms with Gasteiger partial charge in [0.2, 0.25) is 5.01 Å². The first-order valence-electron chi connectivity index (χ1n) is 9.31. The van der Waals surface area contributed by atoms with E-state index in [1.165, 1.54) is 17.0 Å². The van der Waals surface area contributed by atoms with Crippen molar-refractivity contribution in [1.29, 1.82) is 0 Å². The maximum atomic E-state index is 12.4. The fourth-order valence-corrected chi connectivity index (χ4v) is 4.52. The van der Waals surface area contributed by atoms with Crippen LogP contribution >= 0.6 is 23.1 Å². The van der Waals surface area contributed by atoms with Crippen molar-refractivity contribution < 1.29 is 9.53 Å². The molecule has 154 valence electrons. The van der Waals surface area contributed by atoms with Crippen molar-refractivity contribution in [3.8, 4) is 5.75 Å². The first-order chi connectivity index (χ1) is 13.9. The number of hydrogen-bond donors (Lipinski definition) is 1. The minimum Gasteiger partial charge on any atom is -0.497 e. The van der Waals surface area contributed by atoms with Crippen molar-refractivity contribution in [3.05, 3.63) is 45.7 Å². The van der Waals surface area contributed by atoms with Crippen molar-refractivity contribution in [2.45, 2.75) is 45.1 Å². The Morgan fingerprint density at radius 1 is 1.24 bits per heavy atom. The maximum absolute atomic E-state index is 12.4. The Hall–Kier alpha value is -2.39. The summed E-state index contributed by atoms with van der Waals surface area (Å²) >= 11 is 2.93. The summed E-state index contributed by atoms with van der Waals surface area (Å²) in [6.45, 7) is 9.45. The lowest BCUT2D eigenvalue weighted by molar-refractivity contribution is 0.102. The van der Waals surface area contributed by atoms with Gasteiger partial charge < -0.3 is 14.6 Å². The molecule has 1 N–H and O–H groups in total. The second kappa shape index (κ2) is 9.41. The summed E-state index contributed by atoms with van der Waals surface area (Å²) in [5.74, 6) is 1.63. The monoisotopic (exact) mass is 431 g/mol. The van der Waals surface area contributed by atoms with Gasteiger partial charge in [0, 0.05) is 17.9 Å². The lowest BCUT2D eigenvalue weighted by Gasteiger charge is -2.11. The molecule has 0 unspecified atom stereocenters. The van der Waals surface area contributed by atoms with Crippen molar-refractivity contribution in [2.24, 2.45) is 5.92 Å². The molecule has 0 spiro atoms. The standard InChI is InChI=1S/C20H25N5O2S2/c1-12(2)10-25-14(4)13(3)21-20(25)28-11-17-23-24-19(29-17)18(26)22-15-6-8-16(27-5)9-7-15/h6-9,12H,10-11H2,1-5H3,(H,22,26). The van der Waals surface area contributed by atoms with Gasteiger partial charge in [0.25, 0.3) is 5.91 Å². The molecule has 0 saturated carbocycles. The normalized spacial score (nSPS) is 11.1. The van der Waals surface area contributed by atoms with E-state index >= 15 is 0 Å². The highest BCUT2D eigenvalue weighted by Gasteiger charge is 2.16. The molecule has 0 radical (unpaired) electrons. The zero-order valence-corrected chi connectivity index (χ0v) is 18.9. The summed E-state index contributed by atoms with van der Waals surface area (Å²) in [6, 6.07) is 7.16. The van der Waals surface area contributed by atoms with Gasteiger partial charge in [-0.05, 0) is 44.0 Å². The van der Waals surface area contributed by atoms with Gasteiger partial charge >= 0.3 is 0 Å². The summed E-state index contributed by atoms with van der Waals surface area (Å²) in [4.78, 5) is 17.1. The van der Waals surface area contributed by atoms with Gasteiger partial charge in [0.05, 0.1) is 18.6 Å². The van der Waals surface area contributed by atoms with Crippen molar-refractivity contribution in [2.75, 3.05) is 12.4 Å². The van der Waals surface area contributed by atoms with E-state index in [0.717, 1.165) is 28.2 Å². The average Bonchev–Trinajstić information content (AvgIpc) is 3.27. The first-order valence-corrected chi connectivity index (χ1v) is 11.1. The number of carbonyl (C=O) groups excluding carboxylic acids is 1. The third kappa shape index (κ3) is 5.36. The molecule has 0 aliphatic rings. The molecule has 9 heteroatoms. The summed E-state index contributed by atoms with van der Waals surface area (Å²) in [7, 11) is 1.60. The van der Waals surface area contributed by atoms with E-state index < -0.39 is 0 Å². The Kier molecular flexibility index (Phi) is 6.92. The molecule has 0 fully saturated rings. The predicted octanol–water partition coefficient (Wildman–Crippen LogP) is 4.56. The topological polar surface area (TPSA) is 81.9 Å². The first kappa shape index (κ1) is 21.3. The summed E-state index contributed by atoms with van der Waals surface area (Å²) in [6.07, 6.45) is 0. The van der Waals surface area contributed by atoms with Gasteiger partial charge in [-0.25, -0.2) is 4.98 Å². The number of hydrogen-bond acceptors (Lipinski definition) is 7. The van der Waals surface area contributed by atoms with Gasteiger partial charge in [-0.15, -0.1) is 10.2 Å². The summed E-state index contributed by atoms with van der Waals surface area (Å²) in [5.41, 5.74) is 2.92. The lowest BCUT2D eigenvalue weighted by Crippen LogP contribution is -2.11. The average molecular weight is 432 g/mol. The van der Waals surface area contributed by atoms with Crippen LogP contribution in [0.3, 0.4) is 0 Å². The molecule has 0 aliphatic heterocycles. The number of anilines is 1. The number of ether oxygens (including phenoxy) is 1. The zero-order valence-electron chi connectivity index (χ0n) is 17.2. The van der Waals surface area contributed by atoms with Gasteiger partial charge in [-0.2, -0.15) is 0 Å². The van der Waals surface area contributed by atoms with Crippen molar-refractivity contribution in [3.63, 3.8) is 0 Å². The Labute approximate surface area is 178 Å². The van der Waals surface area contributed by atoms with E-state index in [9.17, 15) is 4.79 Å². The molecular weight excluding hydrogens is 406 g/mol. The maximum Gasteiger partial charge on any atom is 0.286 e. The van der Waals surface area contributed by atoms with Gasteiger partial charge in [0.15, 0.2) is 5.16 Å². The Morgan fingerprint density at radius 2 is 1.97 bits per heavy atom. The number of aromatic nitrogens is 4. The molecule has 1 amide bonds. The number of carbonyl (C=O) groups is 1. The quantitative estimate of drug-likeness (QED) is 0.527. The fraction of sp³-hybridized carbons (Fsp3) is 0.400. The van der Waals surface area contributed by atoms with Crippen LogP contribution in [0.1, 0.15) is 40.0 Å². The molecule has 0 aliphatic carbocycles. The molecule has 7 nitrogen and oxygen atoms in total. The molecule has 3 aromatic rings. The molecule has 2 heterocycles. The number of thioether (sulfide) groups is 1. The molecule has 1 aromatic carbocycles. The van der Waals surface area contributed by atoms with Crippen molar-refractivity contribution >= 4 is 34.7 Å². The molecule has 3 rings (SSSR count). The third-order valence-corrected chi connectivity index (χ3v) is 6.40. The number of methoxy groups -OCH3 is 1. The van der Waals surface area contributed by atoms with Crippen LogP contribution in [0.4, 0.5) is 5.69 Å². The Balaban J connectivity index is 1.63. The fourth-order valence-electron chi connectivity index (χ4n) is 2.70. The van der Waals surface area contributed by atoms with Crippen LogP contribution in [-0.4, -0.2) is 32.8 Å². The van der Waals surface area contributed by atoms with Crippen LogP contribution in [0.5, 0.6) is 5.75 Å². The number of nitrogens with zero attached hydrogens (tertiary/aromatic N) is 4. The van der Waals surface area contributed by atoms with E-state index in [4.69, 9.17) is 4.74 Å². The predicted molar refractivity (Wildman–Crippen MR) is 117 cm³/mol. The number of benzene rings is 1. The van der Waals surface area contributed by atoms with E-state index in [2.05, 4.69) is 45.8 Å². The molecular formula is C20H25N5O2S2. The highest BCUT2D eigenvalue weighted by atomic mass is 32.2. The largest absolute Gasteiger partial charge is 0.497 e. The number of aryl methyl sites for hydroxylation is 1. The molecule has 29 heavy (non-hydrogen) atoms. The second-order valence-corrected chi connectivity index (χ2v) is 9.05. The minimum atomic E-state index is -0.267. The second-order valence-electron chi connectivity index (χ2n) is 7.04. The number of nitrogens with one attached hydrogen (secondary N) is 1. The molecule has 0 atom stereocenters. The highest BCUT2D eigenvalue weighted by molar-refractivity contribution is 7.98. The van der Waals surface area contributed by atoms with Gasteiger partial charge in [-0.3, -0.25) is 4.79 Å². The Bertz CT molecular complexity index is 979. The van der Waals surface area contributed by atoms with Crippen LogP contribution in [0.2, 0.25) is 0 Å². The van der Waals surface area contributed by atoms with Crippen LogP contribution in [0.25, 0.3) is 0 Å². The van der Waals surface area contributed by atoms with Gasteiger partial charge in [-0.1, -0.05) is 36.9 Å². The van der Waals surface area contributed by atoms with E-state index in [1.807, 2.05) is 6.92 Å². The van der Waals surface area contributed by atoms with Crippen LogP contribution in [-0.2, 0) is 12.3 Å². The lowest BCUT2D eigenvalue weighted by atomic mass is 10.2. The number of imidazole rings is 1. The Morgan fingerprint density at radius 3 is 2.62 bits per heavy atom. The summed E-state index contributed by atoms with van der Waals surface area (Å²) in [5, 5.41) is 13.2. The van der Waals surface area contributed by atoms with Crippen molar-refractivity contribution in [1.82, 2.24) is 19.7 Å². The SMILES string of the molecule is COc1ccc(NC(=O)c2nnc(CSc3nc(C)c(C)n3CC(C)C)s2)cc1. The van der Waals surface area contributed by atoms with E-state index in [-0.39, 0.29) is 5.91 Å². The van der Waals surface area contributed by atoms with Crippen LogP contribution in [0.15, 0.2) is 29.4 Å². The molecule has 0 bridgehead atoms. The zero-order chi connectivity index (χ0) is 21.0. The highest BCUT2D eigenvalue weighted by Crippen LogP contribution is 2.27. The summed E-state index contributed by atoms with van der Waals surface area (Å²) < 4.78 is 7.37. The van der Waals surface area contributed by atoms with Crippen LogP contribution < -0.4 is 10.1 Å². The third-order valence-electron chi connectivity index (χ3n) is 4.30. The molecule has 0 saturated heterocycles. The number of amides is 1. The number of rotatable bonds is 8. The van der Waals surface area contributed by atoms with Crippen LogP contribution in [0, 0.1) is 19.8 Å². The van der Waals surface area contributed by atoms with E-state index in [1.54, 1.807) is 43.1 Å². The smallest absolute Gasteiger partial charge is 0.286 e. The minimum absolute atomic E-state index is 0.267. The van der Waals surface area contributed by atoms with E-state index in [0.29, 0.717) is 22.4 Å². The molecule has 2 aromatic heterocycles.